The van der Waals surface area contributed by atoms with E-state index >= 15 is 0 Å². The SMILES string of the molecule is CCCC(=O)NC1CCCN(C(=O)c2cccc(NC(=O)C3CCCCC3)c2)C1. The van der Waals surface area contributed by atoms with Crippen molar-refractivity contribution in [2.75, 3.05) is 18.4 Å². The highest BCUT2D eigenvalue weighted by Crippen LogP contribution is 2.25. The molecule has 0 aromatic heterocycles. The molecule has 2 N–H and O–H groups in total. The number of carbonyl (C=O) groups is 3. The summed E-state index contributed by atoms with van der Waals surface area (Å²) in [5, 5.41) is 6.03. The van der Waals surface area contributed by atoms with E-state index in [1.807, 2.05) is 24.0 Å². The van der Waals surface area contributed by atoms with Crippen LogP contribution in [-0.2, 0) is 9.59 Å². The van der Waals surface area contributed by atoms with Crippen LogP contribution >= 0.6 is 0 Å². The van der Waals surface area contributed by atoms with Crippen LogP contribution in [0.25, 0.3) is 0 Å². The molecular formula is C23H33N3O3. The third-order valence-corrected chi connectivity index (χ3v) is 5.90. The number of carbonyl (C=O) groups excluding carboxylic acids is 3. The predicted octanol–water partition coefficient (Wildman–Crippen LogP) is 3.73. The first-order chi connectivity index (χ1) is 14.1. The molecule has 1 aliphatic carbocycles. The fraction of sp³-hybridized carbons (Fsp3) is 0.609. The van der Waals surface area contributed by atoms with E-state index in [4.69, 9.17) is 0 Å². The normalized spacial score (nSPS) is 20.2. The van der Waals surface area contributed by atoms with Gasteiger partial charge in [-0.05, 0) is 50.3 Å². The summed E-state index contributed by atoms with van der Waals surface area (Å²) in [6, 6.07) is 7.22. The van der Waals surface area contributed by atoms with Crippen LogP contribution in [0.3, 0.4) is 0 Å². The standard InChI is InChI=1S/C23H33N3O3/c1-2-8-21(27)24-20-13-7-14-26(16-20)23(29)18-11-6-12-19(15-18)25-22(28)17-9-4-3-5-10-17/h6,11-12,15,17,20H,2-5,7-10,13-14,16H2,1H3,(H,24,27)(H,25,28). The molecule has 1 unspecified atom stereocenters. The highest BCUT2D eigenvalue weighted by atomic mass is 16.2. The first-order valence-electron chi connectivity index (χ1n) is 11.1. The van der Waals surface area contributed by atoms with Gasteiger partial charge in [-0.1, -0.05) is 32.3 Å². The lowest BCUT2D eigenvalue weighted by Crippen LogP contribution is -2.49. The molecule has 29 heavy (non-hydrogen) atoms. The Balaban J connectivity index is 1.59. The summed E-state index contributed by atoms with van der Waals surface area (Å²) < 4.78 is 0. The van der Waals surface area contributed by atoms with Gasteiger partial charge in [0.25, 0.3) is 5.91 Å². The molecule has 1 saturated heterocycles. The number of amides is 3. The zero-order valence-corrected chi connectivity index (χ0v) is 17.4. The van der Waals surface area contributed by atoms with Crippen molar-refractivity contribution in [2.45, 2.75) is 70.8 Å². The van der Waals surface area contributed by atoms with E-state index < -0.39 is 0 Å². The molecule has 2 fully saturated rings. The lowest BCUT2D eigenvalue weighted by atomic mass is 9.88. The highest BCUT2D eigenvalue weighted by Gasteiger charge is 2.26. The molecule has 1 aromatic rings. The molecule has 1 atom stereocenters. The van der Waals surface area contributed by atoms with Crippen molar-refractivity contribution >= 4 is 23.4 Å². The van der Waals surface area contributed by atoms with Gasteiger partial charge in [-0.25, -0.2) is 0 Å². The molecular weight excluding hydrogens is 366 g/mol. The van der Waals surface area contributed by atoms with E-state index in [9.17, 15) is 14.4 Å². The second-order valence-corrected chi connectivity index (χ2v) is 8.31. The van der Waals surface area contributed by atoms with Gasteiger partial charge in [0.15, 0.2) is 0 Å². The summed E-state index contributed by atoms with van der Waals surface area (Å²) in [5.74, 6) is 0.149. The van der Waals surface area contributed by atoms with Gasteiger partial charge in [0.1, 0.15) is 0 Å². The fourth-order valence-corrected chi connectivity index (χ4v) is 4.33. The molecule has 0 radical (unpaired) electrons. The van der Waals surface area contributed by atoms with Crippen LogP contribution in [0.5, 0.6) is 0 Å². The molecule has 0 bridgehead atoms. The molecule has 158 valence electrons. The molecule has 6 heteroatoms. The van der Waals surface area contributed by atoms with E-state index in [-0.39, 0.29) is 29.7 Å². The number of piperidine rings is 1. The topological polar surface area (TPSA) is 78.5 Å². The second-order valence-electron chi connectivity index (χ2n) is 8.31. The van der Waals surface area contributed by atoms with Gasteiger partial charge in [-0.3, -0.25) is 14.4 Å². The molecule has 6 nitrogen and oxygen atoms in total. The Hall–Kier alpha value is -2.37. The summed E-state index contributed by atoms with van der Waals surface area (Å²) in [7, 11) is 0. The van der Waals surface area contributed by atoms with E-state index in [2.05, 4.69) is 10.6 Å². The number of rotatable bonds is 6. The van der Waals surface area contributed by atoms with Crippen molar-refractivity contribution in [2.24, 2.45) is 5.92 Å². The van der Waals surface area contributed by atoms with E-state index in [1.54, 1.807) is 12.1 Å². The lowest BCUT2D eigenvalue weighted by Gasteiger charge is -2.33. The minimum Gasteiger partial charge on any atom is -0.352 e. The van der Waals surface area contributed by atoms with Gasteiger partial charge < -0.3 is 15.5 Å². The quantitative estimate of drug-likeness (QED) is 0.765. The molecule has 1 aromatic carbocycles. The number of hydrogen-bond acceptors (Lipinski definition) is 3. The third kappa shape index (κ3) is 6.05. The number of nitrogens with zero attached hydrogens (tertiary/aromatic N) is 1. The minimum atomic E-state index is -0.0480. The summed E-state index contributed by atoms with van der Waals surface area (Å²) >= 11 is 0. The van der Waals surface area contributed by atoms with Crippen LogP contribution < -0.4 is 10.6 Å². The maximum Gasteiger partial charge on any atom is 0.253 e. The van der Waals surface area contributed by atoms with Crippen LogP contribution in [-0.4, -0.2) is 41.8 Å². The van der Waals surface area contributed by atoms with Crippen molar-refractivity contribution < 1.29 is 14.4 Å². The van der Waals surface area contributed by atoms with Crippen LogP contribution in [0, 0.1) is 5.92 Å². The van der Waals surface area contributed by atoms with E-state index in [1.165, 1.54) is 6.42 Å². The Morgan fingerprint density at radius 3 is 2.62 bits per heavy atom. The summed E-state index contributed by atoms with van der Waals surface area (Å²) in [4.78, 5) is 39.2. The van der Waals surface area contributed by atoms with Gasteiger partial charge in [-0.15, -0.1) is 0 Å². The third-order valence-electron chi connectivity index (χ3n) is 5.90. The molecule has 1 aliphatic heterocycles. The van der Waals surface area contributed by atoms with Crippen LogP contribution in [0.1, 0.15) is 75.1 Å². The molecule has 0 spiro atoms. The number of nitrogens with one attached hydrogen (secondary N) is 2. The van der Waals surface area contributed by atoms with Crippen molar-refractivity contribution in [3.8, 4) is 0 Å². The van der Waals surface area contributed by atoms with Crippen molar-refractivity contribution in [1.82, 2.24) is 10.2 Å². The van der Waals surface area contributed by atoms with Crippen molar-refractivity contribution in [1.29, 1.82) is 0 Å². The largest absolute Gasteiger partial charge is 0.352 e. The van der Waals surface area contributed by atoms with Gasteiger partial charge in [0.2, 0.25) is 11.8 Å². The van der Waals surface area contributed by atoms with Crippen LogP contribution in [0.2, 0.25) is 0 Å². The molecule has 1 saturated carbocycles. The molecule has 1 heterocycles. The van der Waals surface area contributed by atoms with Crippen molar-refractivity contribution in [3.63, 3.8) is 0 Å². The summed E-state index contributed by atoms with van der Waals surface area (Å²) in [6.45, 7) is 3.21. The minimum absolute atomic E-state index is 0.0148. The van der Waals surface area contributed by atoms with Crippen LogP contribution in [0.4, 0.5) is 5.69 Å². The number of anilines is 1. The summed E-state index contributed by atoms with van der Waals surface area (Å²) in [5.41, 5.74) is 1.25. The first-order valence-corrected chi connectivity index (χ1v) is 11.1. The highest BCUT2D eigenvalue weighted by molar-refractivity contribution is 5.97. The van der Waals surface area contributed by atoms with E-state index in [0.717, 1.165) is 44.9 Å². The molecule has 3 rings (SSSR count). The summed E-state index contributed by atoms with van der Waals surface area (Å²) in [6.07, 6.45) is 8.45. The second kappa shape index (κ2) is 10.4. The predicted molar refractivity (Wildman–Crippen MR) is 114 cm³/mol. The van der Waals surface area contributed by atoms with Gasteiger partial charge in [-0.2, -0.15) is 0 Å². The maximum atomic E-state index is 13.0. The average molecular weight is 400 g/mol. The number of benzene rings is 1. The van der Waals surface area contributed by atoms with E-state index in [0.29, 0.717) is 30.8 Å². The Kier molecular flexibility index (Phi) is 7.67. The first kappa shape index (κ1) is 21.3. The maximum absolute atomic E-state index is 13.0. The smallest absolute Gasteiger partial charge is 0.253 e. The van der Waals surface area contributed by atoms with Gasteiger partial charge in [0, 0.05) is 42.7 Å². The van der Waals surface area contributed by atoms with Gasteiger partial charge in [0.05, 0.1) is 0 Å². The fourth-order valence-electron chi connectivity index (χ4n) is 4.33. The van der Waals surface area contributed by atoms with Gasteiger partial charge >= 0.3 is 0 Å². The average Bonchev–Trinajstić information content (AvgIpc) is 2.74. The van der Waals surface area contributed by atoms with Crippen molar-refractivity contribution in [3.05, 3.63) is 29.8 Å². The lowest BCUT2D eigenvalue weighted by molar-refractivity contribution is -0.122. The van der Waals surface area contributed by atoms with Crippen LogP contribution in [0.15, 0.2) is 24.3 Å². The zero-order chi connectivity index (χ0) is 20.6. The Bertz CT molecular complexity index is 728. The Morgan fingerprint density at radius 1 is 1.07 bits per heavy atom. The monoisotopic (exact) mass is 399 g/mol. The Labute approximate surface area is 173 Å². The zero-order valence-electron chi connectivity index (χ0n) is 17.4. The Morgan fingerprint density at radius 2 is 1.86 bits per heavy atom. The number of hydrogen-bond donors (Lipinski definition) is 2. The number of likely N-dealkylation sites (tertiary alicyclic amines) is 1. The molecule has 3 amide bonds. The molecule has 2 aliphatic rings.